The van der Waals surface area contributed by atoms with E-state index >= 15 is 0 Å². The zero-order valence-corrected chi connectivity index (χ0v) is 8.71. The van der Waals surface area contributed by atoms with E-state index in [1.807, 2.05) is 18.2 Å². The van der Waals surface area contributed by atoms with E-state index in [0.29, 0.717) is 0 Å². The highest BCUT2D eigenvalue weighted by atomic mass is 19.1. The largest absolute Gasteiger partial charge is 0.345 e. The number of alkyl halides is 1. The normalized spacial score (nSPS) is 24.4. The molecule has 1 saturated heterocycles. The molecule has 0 bridgehead atoms. The van der Waals surface area contributed by atoms with E-state index in [0.717, 1.165) is 0 Å². The molecule has 0 spiro atoms. The number of nitriles is 1. The Hall–Kier alpha value is -1.83. The molecule has 16 heavy (non-hydrogen) atoms. The molecule has 2 rings (SSSR count). The standard InChI is InChI=1S/C11H12FN3O/c12-9-5-10(6-13)15(7-9)11(16)8-14-3-1-2-4-14/h1-4,9-10H,5,7-8H2/t9-,10-/m0/s1. The smallest absolute Gasteiger partial charge is 0.243 e. The number of aromatic nitrogens is 1. The zero-order valence-electron chi connectivity index (χ0n) is 8.71. The van der Waals surface area contributed by atoms with Crippen LogP contribution in [-0.2, 0) is 11.3 Å². The van der Waals surface area contributed by atoms with Gasteiger partial charge in [-0.2, -0.15) is 5.26 Å². The van der Waals surface area contributed by atoms with E-state index in [9.17, 15) is 9.18 Å². The van der Waals surface area contributed by atoms with Gasteiger partial charge in [-0.05, 0) is 12.1 Å². The fourth-order valence-electron chi connectivity index (χ4n) is 1.91. The molecule has 84 valence electrons. The van der Waals surface area contributed by atoms with Crippen LogP contribution in [-0.4, -0.2) is 34.1 Å². The van der Waals surface area contributed by atoms with Crippen LogP contribution in [0.15, 0.2) is 24.5 Å². The second kappa shape index (κ2) is 4.35. The third-order valence-electron chi connectivity index (χ3n) is 2.70. The van der Waals surface area contributed by atoms with E-state index in [2.05, 4.69) is 0 Å². The second-order valence-corrected chi connectivity index (χ2v) is 3.88. The van der Waals surface area contributed by atoms with Crippen LogP contribution in [0, 0.1) is 11.3 Å². The van der Waals surface area contributed by atoms with E-state index in [1.165, 1.54) is 4.90 Å². The van der Waals surface area contributed by atoms with Crippen molar-refractivity contribution in [3.8, 4) is 6.07 Å². The van der Waals surface area contributed by atoms with Crippen LogP contribution in [0.2, 0.25) is 0 Å². The van der Waals surface area contributed by atoms with Crippen LogP contribution >= 0.6 is 0 Å². The number of carbonyl (C=O) groups is 1. The van der Waals surface area contributed by atoms with E-state index < -0.39 is 12.2 Å². The molecule has 4 nitrogen and oxygen atoms in total. The maximum Gasteiger partial charge on any atom is 0.243 e. The van der Waals surface area contributed by atoms with Gasteiger partial charge >= 0.3 is 0 Å². The molecule has 1 aliphatic heterocycles. The summed E-state index contributed by atoms with van der Waals surface area (Å²) in [5, 5.41) is 8.81. The van der Waals surface area contributed by atoms with Crippen LogP contribution < -0.4 is 0 Å². The third kappa shape index (κ3) is 2.06. The van der Waals surface area contributed by atoms with Crippen LogP contribution in [0.4, 0.5) is 4.39 Å². The number of hydrogen-bond donors (Lipinski definition) is 0. The summed E-state index contributed by atoms with van der Waals surface area (Å²) >= 11 is 0. The molecule has 0 aromatic carbocycles. The molecule has 2 heterocycles. The van der Waals surface area contributed by atoms with Gasteiger partial charge in [0.05, 0.1) is 12.6 Å². The van der Waals surface area contributed by atoms with Crippen molar-refractivity contribution in [3.63, 3.8) is 0 Å². The maximum absolute atomic E-state index is 13.1. The van der Waals surface area contributed by atoms with Crippen molar-refractivity contribution in [1.82, 2.24) is 9.47 Å². The summed E-state index contributed by atoms with van der Waals surface area (Å²) in [7, 11) is 0. The molecular weight excluding hydrogens is 209 g/mol. The first-order chi connectivity index (χ1) is 7.70. The van der Waals surface area contributed by atoms with Gasteiger partial charge in [0, 0.05) is 18.8 Å². The predicted molar refractivity (Wildman–Crippen MR) is 55.1 cm³/mol. The minimum Gasteiger partial charge on any atom is -0.345 e. The lowest BCUT2D eigenvalue weighted by atomic mass is 10.2. The molecule has 1 aliphatic rings. The lowest BCUT2D eigenvalue weighted by molar-refractivity contribution is -0.132. The van der Waals surface area contributed by atoms with Crippen molar-refractivity contribution in [2.24, 2.45) is 0 Å². The summed E-state index contributed by atoms with van der Waals surface area (Å²) in [6.45, 7) is 0.205. The van der Waals surface area contributed by atoms with Gasteiger partial charge in [0.1, 0.15) is 18.8 Å². The summed E-state index contributed by atoms with van der Waals surface area (Å²) < 4.78 is 14.8. The highest BCUT2D eigenvalue weighted by Gasteiger charge is 2.35. The van der Waals surface area contributed by atoms with Gasteiger partial charge in [-0.25, -0.2) is 4.39 Å². The van der Waals surface area contributed by atoms with Crippen molar-refractivity contribution in [1.29, 1.82) is 5.26 Å². The average Bonchev–Trinajstić information content (AvgIpc) is 2.86. The second-order valence-electron chi connectivity index (χ2n) is 3.88. The maximum atomic E-state index is 13.1. The van der Waals surface area contributed by atoms with Crippen LogP contribution in [0.3, 0.4) is 0 Å². The fourth-order valence-corrected chi connectivity index (χ4v) is 1.91. The molecule has 2 atom stereocenters. The van der Waals surface area contributed by atoms with Gasteiger partial charge < -0.3 is 9.47 Å². The van der Waals surface area contributed by atoms with Crippen molar-refractivity contribution in [2.45, 2.75) is 25.2 Å². The number of nitrogens with zero attached hydrogens (tertiary/aromatic N) is 3. The molecule has 0 radical (unpaired) electrons. The quantitative estimate of drug-likeness (QED) is 0.746. The summed E-state index contributed by atoms with van der Waals surface area (Å²) in [6, 6.07) is 4.98. The van der Waals surface area contributed by atoms with Crippen molar-refractivity contribution >= 4 is 5.91 Å². The van der Waals surface area contributed by atoms with E-state index in [-0.39, 0.29) is 25.4 Å². The van der Waals surface area contributed by atoms with Crippen LogP contribution in [0.1, 0.15) is 6.42 Å². The Balaban J connectivity index is 2.02. The number of likely N-dealkylation sites (tertiary alicyclic amines) is 1. The first-order valence-electron chi connectivity index (χ1n) is 5.14. The topological polar surface area (TPSA) is 49.0 Å². The molecule has 5 heteroatoms. The monoisotopic (exact) mass is 221 g/mol. The first kappa shape index (κ1) is 10.7. The van der Waals surface area contributed by atoms with Gasteiger partial charge in [-0.1, -0.05) is 0 Å². The van der Waals surface area contributed by atoms with Crippen molar-refractivity contribution in [2.75, 3.05) is 6.54 Å². The Morgan fingerprint density at radius 1 is 1.50 bits per heavy atom. The fraction of sp³-hybridized carbons (Fsp3) is 0.455. The van der Waals surface area contributed by atoms with E-state index in [1.54, 1.807) is 17.0 Å². The zero-order chi connectivity index (χ0) is 11.5. The Kier molecular flexibility index (Phi) is 2.91. The molecule has 0 saturated carbocycles. The Labute approximate surface area is 92.9 Å². The molecular formula is C11H12FN3O. The minimum atomic E-state index is -1.07. The first-order valence-corrected chi connectivity index (χ1v) is 5.14. The molecule has 1 aromatic heterocycles. The molecule has 1 aromatic rings. The number of amides is 1. The SMILES string of the molecule is N#C[C@@H]1C[C@H](F)CN1C(=O)Cn1cccc1. The van der Waals surface area contributed by atoms with E-state index in [4.69, 9.17) is 5.26 Å². The Morgan fingerprint density at radius 3 is 2.81 bits per heavy atom. The highest BCUT2D eigenvalue weighted by molar-refractivity contribution is 5.77. The van der Waals surface area contributed by atoms with Gasteiger partial charge in [-0.3, -0.25) is 4.79 Å². The number of carbonyl (C=O) groups excluding carboxylic acids is 1. The van der Waals surface area contributed by atoms with Gasteiger partial charge in [-0.15, -0.1) is 0 Å². The molecule has 0 unspecified atom stereocenters. The van der Waals surface area contributed by atoms with Crippen LogP contribution in [0.5, 0.6) is 0 Å². The number of hydrogen-bond acceptors (Lipinski definition) is 2. The summed E-state index contributed by atoms with van der Waals surface area (Å²) in [4.78, 5) is 13.1. The lowest BCUT2D eigenvalue weighted by Gasteiger charge is -2.19. The van der Waals surface area contributed by atoms with Gasteiger partial charge in [0.15, 0.2) is 0 Å². The summed E-state index contributed by atoms with van der Waals surface area (Å²) in [6.07, 6.45) is 2.59. The summed E-state index contributed by atoms with van der Waals surface area (Å²) in [5.74, 6) is -0.206. The lowest BCUT2D eigenvalue weighted by Crippen LogP contribution is -2.37. The Bertz CT molecular complexity index is 409. The molecule has 0 N–H and O–H groups in total. The highest BCUT2D eigenvalue weighted by Crippen LogP contribution is 2.20. The minimum absolute atomic E-state index is 0.0400. The molecule has 1 amide bonds. The molecule has 1 fully saturated rings. The number of halogens is 1. The Morgan fingerprint density at radius 2 is 2.19 bits per heavy atom. The van der Waals surface area contributed by atoms with Gasteiger partial charge in [0.25, 0.3) is 0 Å². The van der Waals surface area contributed by atoms with Crippen LogP contribution in [0.25, 0.3) is 0 Å². The predicted octanol–water partition coefficient (Wildman–Crippen LogP) is 0.951. The van der Waals surface area contributed by atoms with Crippen molar-refractivity contribution in [3.05, 3.63) is 24.5 Å². The summed E-state index contributed by atoms with van der Waals surface area (Å²) in [5.41, 5.74) is 0. The van der Waals surface area contributed by atoms with Gasteiger partial charge in [0.2, 0.25) is 5.91 Å². The average molecular weight is 221 g/mol. The third-order valence-corrected chi connectivity index (χ3v) is 2.70. The molecule has 0 aliphatic carbocycles. The van der Waals surface area contributed by atoms with Crippen molar-refractivity contribution < 1.29 is 9.18 Å². The number of rotatable bonds is 2.